The van der Waals surface area contributed by atoms with Gasteiger partial charge in [-0.25, -0.2) is 0 Å². The van der Waals surface area contributed by atoms with Crippen LogP contribution in [0.25, 0.3) is 0 Å². The Morgan fingerprint density at radius 3 is 2.20 bits per heavy atom. The molecule has 0 bridgehead atoms. The molecule has 82 valence electrons. The second-order valence-electron chi connectivity index (χ2n) is 4.49. The number of ketones is 1. The zero-order valence-electron chi connectivity index (χ0n) is 9.83. The van der Waals surface area contributed by atoms with Crippen LogP contribution < -0.4 is 9.92 Å². The lowest BCUT2D eigenvalue weighted by Gasteiger charge is -2.21. The lowest BCUT2D eigenvalue weighted by atomic mass is 10.3. The Hall–Kier alpha value is -1.09. The second-order valence-corrected chi connectivity index (χ2v) is 9.19. The van der Waals surface area contributed by atoms with Crippen LogP contribution in [0, 0.1) is 0 Å². The van der Waals surface area contributed by atoms with E-state index in [0.717, 1.165) is 5.75 Å². The molecule has 0 fully saturated rings. The molecule has 0 unspecified atom stereocenters. The summed E-state index contributed by atoms with van der Waals surface area (Å²) < 4.78 is 5.11. The largest absolute Gasteiger partial charge is 0.497 e. The molecule has 1 aromatic carbocycles. The highest BCUT2D eigenvalue weighted by atomic mass is 28.3. The second kappa shape index (κ2) is 4.62. The lowest BCUT2D eigenvalue weighted by Crippen LogP contribution is -2.42. The number of benzene rings is 1. The Morgan fingerprint density at radius 2 is 1.80 bits per heavy atom. The summed E-state index contributed by atoms with van der Waals surface area (Å²) in [7, 11) is 0.0766. The third-order valence-corrected chi connectivity index (χ3v) is 5.84. The standard InChI is InChI=1S/C12H18O2Si/c1-10(13)9-15(3,4)12-7-5-11(14-2)6-8-12/h5-8H,9H2,1-4H3. The maximum absolute atomic E-state index is 11.2. The molecular formula is C12H18O2Si. The molecular weight excluding hydrogens is 204 g/mol. The van der Waals surface area contributed by atoms with Gasteiger partial charge >= 0.3 is 0 Å². The van der Waals surface area contributed by atoms with Gasteiger partial charge in [-0.05, 0) is 19.1 Å². The van der Waals surface area contributed by atoms with E-state index in [2.05, 4.69) is 25.2 Å². The van der Waals surface area contributed by atoms with E-state index < -0.39 is 8.07 Å². The van der Waals surface area contributed by atoms with E-state index in [-0.39, 0.29) is 5.78 Å². The quantitative estimate of drug-likeness (QED) is 0.730. The molecule has 0 spiro atoms. The lowest BCUT2D eigenvalue weighted by molar-refractivity contribution is -0.115. The number of hydrogen-bond donors (Lipinski definition) is 0. The van der Waals surface area contributed by atoms with Gasteiger partial charge in [0.05, 0.1) is 15.2 Å². The molecule has 1 rings (SSSR count). The molecule has 0 heterocycles. The molecule has 0 aliphatic carbocycles. The summed E-state index contributed by atoms with van der Waals surface area (Å²) in [5.41, 5.74) is 0. The third kappa shape index (κ3) is 3.20. The van der Waals surface area contributed by atoms with Crippen molar-refractivity contribution in [2.45, 2.75) is 26.1 Å². The first-order chi connectivity index (χ1) is 6.95. The summed E-state index contributed by atoms with van der Waals surface area (Å²) >= 11 is 0. The molecule has 1 aromatic rings. The van der Waals surface area contributed by atoms with Crippen LogP contribution in [-0.4, -0.2) is 21.0 Å². The van der Waals surface area contributed by atoms with E-state index in [9.17, 15) is 4.79 Å². The molecule has 0 saturated heterocycles. The number of rotatable bonds is 4. The molecule has 0 radical (unpaired) electrons. The number of carbonyl (C=O) groups excluding carboxylic acids is 1. The Balaban J connectivity index is 2.89. The van der Waals surface area contributed by atoms with E-state index >= 15 is 0 Å². The zero-order valence-corrected chi connectivity index (χ0v) is 10.8. The molecule has 0 aliphatic rings. The summed E-state index contributed by atoms with van der Waals surface area (Å²) in [5.74, 6) is 1.15. The van der Waals surface area contributed by atoms with Gasteiger partial charge in [0.2, 0.25) is 0 Å². The maximum Gasteiger partial charge on any atom is 0.127 e. The molecule has 15 heavy (non-hydrogen) atoms. The van der Waals surface area contributed by atoms with Crippen molar-refractivity contribution in [1.82, 2.24) is 0 Å². The van der Waals surface area contributed by atoms with Crippen LogP contribution in [0.4, 0.5) is 0 Å². The Labute approximate surface area is 92.3 Å². The number of methoxy groups -OCH3 is 1. The average Bonchev–Trinajstić information content (AvgIpc) is 2.16. The Morgan fingerprint density at radius 1 is 1.27 bits per heavy atom. The summed E-state index contributed by atoms with van der Waals surface area (Å²) in [6, 6.07) is 8.79. The van der Waals surface area contributed by atoms with Crippen LogP contribution in [0.5, 0.6) is 5.75 Å². The monoisotopic (exact) mass is 222 g/mol. The van der Waals surface area contributed by atoms with Crippen molar-refractivity contribution in [3.8, 4) is 5.75 Å². The van der Waals surface area contributed by atoms with Gasteiger partial charge in [0.25, 0.3) is 0 Å². The van der Waals surface area contributed by atoms with Gasteiger partial charge in [-0.2, -0.15) is 0 Å². The maximum atomic E-state index is 11.2. The van der Waals surface area contributed by atoms with Crippen molar-refractivity contribution >= 4 is 19.0 Å². The highest BCUT2D eigenvalue weighted by Crippen LogP contribution is 2.13. The van der Waals surface area contributed by atoms with E-state index in [1.165, 1.54) is 5.19 Å². The van der Waals surface area contributed by atoms with Crippen molar-refractivity contribution in [1.29, 1.82) is 0 Å². The van der Waals surface area contributed by atoms with Crippen LogP contribution in [0.3, 0.4) is 0 Å². The topological polar surface area (TPSA) is 26.3 Å². The van der Waals surface area contributed by atoms with Gasteiger partial charge in [-0.3, -0.25) is 0 Å². The van der Waals surface area contributed by atoms with Gasteiger partial charge in [0.15, 0.2) is 0 Å². The van der Waals surface area contributed by atoms with Crippen LogP contribution in [-0.2, 0) is 4.79 Å². The smallest absolute Gasteiger partial charge is 0.127 e. The van der Waals surface area contributed by atoms with E-state index in [1.807, 2.05) is 12.1 Å². The van der Waals surface area contributed by atoms with Gasteiger partial charge < -0.3 is 9.53 Å². The summed E-state index contributed by atoms with van der Waals surface area (Å²) in [6.07, 6.45) is 0. The minimum Gasteiger partial charge on any atom is -0.497 e. The molecule has 0 saturated carbocycles. The minimum atomic E-state index is -1.58. The Bertz CT molecular complexity index is 341. The predicted octanol–water partition coefficient (Wildman–Crippen LogP) is 2.20. The molecule has 3 heteroatoms. The fourth-order valence-corrected chi connectivity index (χ4v) is 4.28. The fourth-order valence-electron chi connectivity index (χ4n) is 1.77. The highest BCUT2D eigenvalue weighted by molar-refractivity contribution is 6.91. The number of hydrogen-bond acceptors (Lipinski definition) is 2. The fraction of sp³-hybridized carbons (Fsp3) is 0.417. The molecule has 0 aromatic heterocycles. The third-order valence-electron chi connectivity index (χ3n) is 2.56. The van der Waals surface area contributed by atoms with Crippen molar-refractivity contribution < 1.29 is 9.53 Å². The first-order valence-electron chi connectivity index (χ1n) is 5.09. The first-order valence-corrected chi connectivity index (χ1v) is 8.30. The van der Waals surface area contributed by atoms with Crippen LogP contribution in [0.2, 0.25) is 19.1 Å². The van der Waals surface area contributed by atoms with Gasteiger partial charge in [0.1, 0.15) is 11.5 Å². The van der Waals surface area contributed by atoms with Crippen molar-refractivity contribution in [3.05, 3.63) is 24.3 Å². The molecule has 0 amide bonds. The van der Waals surface area contributed by atoms with E-state index in [0.29, 0.717) is 6.04 Å². The van der Waals surface area contributed by atoms with Gasteiger partial charge in [0, 0.05) is 6.04 Å². The van der Waals surface area contributed by atoms with Crippen LogP contribution >= 0.6 is 0 Å². The normalized spacial score (nSPS) is 11.2. The minimum absolute atomic E-state index is 0.280. The van der Waals surface area contributed by atoms with Crippen molar-refractivity contribution in [3.63, 3.8) is 0 Å². The summed E-state index contributed by atoms with van der Waals surface area (Å²) in [4.78, 5) is 11.2. The number of Topliss-reactive ketones (excluding diaryl/α,β-unsaturated/α-hetero) is 1. The molecule has 0 atom stereocenters. The van der Waals surface area contributed by atoms with Crippen LogP contribution in [0.15, 0.2) is 24.3 Å². The summed E-state index contributed by atoms with van der Waals surface area (Å²) in [6.45, 7) is 6.10. The van der Waals surface area contributed by atoms with Crippen molar-refractivity contribution in [2.24, 2.45) is 0 Å². The van der Waals surface area contributed by atoms with Gasteiger partial charge in [-0.1, -0.05) is 30.4 Å². The molecule has 2 nitrogen and oxygen atoms in total. The van der Waals surface area contributed by atoms with Crippen LogP contribution in [0.1, 0.15) is 6.92 Å². The van der Waals surface area contributed by atoms with Crippen molar-refractivity contribution in [2.75, 3.05) is 7.11 Å². The SMILES string of the molecule is COc1ccc([Si](C)(C)CC(C)=O)cc1. The Kier molecular flexibility index (Phi) is 3.69. The average molecular weight is 222 g/mol. The zero-order chi connectivity index (χ0) is 11.5. The number of carbonyl (C=O) groups is 1. The number of ether oxygens (including phenoxy) is 1. The first kappa shape index (κ1) is 12.0. The van der Waals surface area contributed by atoms with Gasteiger partial charge in [-0.15, -0.1) is 0 Å². The highest BCUT2D eigenvalue weighted by Gasteiger charge is 2.24. The molecule has 0 aliphatic heterocycles. The predicted molar refractivity (Wildman–Crippen MR) is 65.6 cm³/mol. The molecule has 0 N–H and O–H groups in total. The van der Waals surface area contributed by atoms with E-state index in [1.54, 1.807) is 14.0 Å². The van der Waals surface area contributed by atoms with E-state index in [4.69, 9.17) is 4.74 Å². The summed E-state index contributed by atoms with van der Waals surface area (Å²) in [5, 5.41) is 1.30.